The number of phosphoric acid groups is 2. The third-order valence-electron chi connectivity index (χ3n) is 18.5. The van der Waals surface area contributed by atoms with E-state index in [1.54, 1.807) is 0 Å². The summed E-state index contributed by atoms with van der Waals surface area (Å²) in [6.07, 6.45) is 66.0. The van der Waals surface area contributed by atoms with E-state index in [0.29, 0.717) is 25.7 Å². The van der Waals surface area contributed by atoms with Crippen LogP contribution in [0.25, 0.3) is 0 Å². The number of rotatable bonds is 78. The average molecular weight is 1450 g/mol. The van der Waals surface area contributed by atoms with Gasteiger partial charge in [-0.1, -0.05) is 348 Å². The predicted octanol–water partition coefficient (Wildman–Crippen LogP) is 23.6. The first-order valence-electron chi connectivity index (χ1n) is 41.0. The first kappa shape index (κ1) is 96.5. The minimum absolute atomic E-state index is 0.0845. The molecular formula is C80H152O17P2. The fourth-order valence-corrected chi connectivity index (χ4v) is 13.4. The van der Waals surface area contributed by atoms with Gasteiger partial charge in [0, 0.05) is 25.7 Å². The maximum Gasteiger partial charge on any atom is 0.472 e. The van der Waals surface area contributed by atoms with E-state index in [9.17, 15) is 43.2 Å². The average Bonchev–Trinajstić information content (AvgIpc) is 1.13. The van der Waals surface area contributed by atoms with Crippen LogP contribution in [0.15, 0.2) is 24.3 Å². The number of phosphoric ester groups is 2. The van der Waals surface area contributed by atoms with Gasteiger partial charge in [0.05, 0.1) is 26.4 Å². The molecule has 3 unspecified atom stereocenters. The molecule has 0 bridgehead atoms. The first-order chi connectivity index (χ1) is 48.1. The second-order valence-electron chi connectivity index (χ2n) is 28.4. The van der Waals surface area contributed by atoms with Crippen molar-refractivity contribution < 1.29 is 80.2 Å². The monoisotopic (exact) mass is 1450 g/mol. The van der Waals surface area contributed by atoms with Crippen molar-refractivity contribution in [3.8, 4) is 0 Å². The van der Waals surface area contributed by atoms with E-state index >= 15 is 0 Å². The Kier molecular flexibility index (Phi) is 70.7. The van der Waals surface area contributed by atoms with Gasteiger partial charge >= 0.3 is 39.5 Å². The number of hydrogen-bond acceptors (Lipinski definition) is 15. The molecule has 0 saturated carbocycles. The van der Waals surface area contributed by atoms with E-state index in [1.807, 2.05) is 0 Å². The van der Waals surface area contributed by atoms with Crippen molar-refractivity contribution in [1.29, 1.82) is 0 Å². The summed E-state index contributed by atoms with van der Waals surface area (Å²) in [7, 11) is -9.93. The highest BCUT2D eigenvalue weighted by molar-refractivity contribution is 7.47. The molecule has 6 atom stereocenters. The van der Waals surface area contributed by atoms with Gasteiger partial charge in [-0.25, -0.2) is 9.13 Å². The van der Waals surface area contributed by atoms with Gasteiger partial charge in [-0.05, 0) is 57.3 Å². The molecular weight excluding hydrogens is 1290 g/mol. The summed E-state index contributed by atoms with van der Waals surface area (Å²) < 4.78 is 68.6. The summed E-state index contributed by atoms with van der Waals surface area (Å²) in [5.41, 5.74) is 0. The number of ether oxygens (including phenoxy) is 4. The number of allylic oxidation sites excluding steroid dienone is 4. The summed E-state index contributed by atoms with van der Waals surface area (Å²) in [6, 6.07) is 0. The zero-order valence-electron chi connectivity index (χ0n) is 64.1. The van der Waals surface area contributed by atoms with E-state index in [0.717, 1.165) is 115 Å². The van der Waals surface area contributed by atoms with Crippen molar-refractivity contribution in [2.75, 3.05) is 39.6 Å². The molecule has 0 aromatic rings. The molecule has 584 valence electrons. The van der Waals surface area contributed by atoms with Gasteiger partial charge in [0.25, 0.3) is 0 Å². The highest BCUT2D eigenvalue weighted by Crippen LogP contribution is 2.45. The van der Waals surface area contributed by atoms with Crippen molar-refractivity contribution in [1.82, 2.24) is 0 Å². The molecule has 0 aromatic heterocycles. The van der Waals surface area contributed by atoms with Crippen LogP contribution in [-0.2, 0) is 65.4 Å². The van der Waals surface area contributed by atoms with Crippen LogP contribution < -0.4 is 0 Å². The number of aliphatic hydroxyl groups is 1. The number of carbonyl (C=O) groups excluding carboxylic acids is 4. The first-order valence-corrected chi connectivity index (χ1v) is 44.0. The molecule has 0 aliphatic carbocycles. The molecule has 0 radical (unpaired) electrons. The summed E-state index contributed by atoms with van der Waals surface area (Å²) in [4.78, 5) is 73.0. The largest absolute Gasteiger partial charge is 0.472 e. The molecule has 0 aliphatic rings. The predicted molar refractivity (Wildman–Crippen MR) is 404 cm³/mol. The maximum atomic E-state index is 13.1. The Hall–Kier alpha value is -2.46. The minimum Gasteiger partial charge on any atom is -0.462 e. The molecule has 0 saturated heterocycles. The van der Waals surface area contributed by atoms with Gasteiger partial charge in [-0.15, -0.1) is 0 Å². The summed E-state index contributed by atoms with van der Waals surface area (Å²) in [5.74, 6) is -1.41. The molecule has 0 aromatic carbocycles. The van der Waals surface area contributed by atoms with Gasteiger partial charge < -0.3 is 33.8 Å². The Bertz CT molecular complexity index is 1990. The highest BCUT2D eigenvalue weighted by atomic mass is 31.2. The van der Waals surface area contributed by atoms with Crippen LogP contribution in [0.2, 0.25) is 0 Å². The van der Waals surface area contributed by atoms with Crippen LogP contribution >= 0.6 is 15.6 Å². The highest BCUT2D eigenvalue weighted by Gasteiger charge is 2.30. The van der Waals surface area contributed by atoms with Crippen molar-refractivity contribution in [2.45, 2.75) is 419 Å². The summed E-state index contributed by atoms with van der Waals surface area (Å²) >= 11 is 0. The zero-order chi connectivity index (χ0) is 72.7. The second kappa shape index (κ2) is 72.5. The van der Waals surface area contributed by atoms with Gasteiger partial charge in [-0.3, -0.25) is 37.3 Å². The Balaban J connectivity index is 5.28. The van der Waals surface area contributed by atoms with Crippen molar-refractivity contribution in [3.63, 3.8) is 0 Å². The molecule has 99 heavy (non-hydrogen) atoms. The third kappa shape index (κ3) is 72.3. The number of esters is 4. The molecule has 0 rings (SSSR count). The Morgan fingerprint density at radius 2 is 0.566 bits per heavy atom. The quantitative estimate of drug-likeness (QED) is 0.0169. The number of aliphatic hydroxyl groups excluding tert-OH is 1. The topological polar surface area (TPSA) is 237 Å². The second-order valence-corrected chi connectivity index (χ2v) is 31.3. The Morgan fingerprint density at radius 3 is 0.859 bits per heavy atom. The van der Waals surface area contributed by atoms with Crippen LogP contribution in [-0.4, -0.2) is 96.7 Å². The number of unbranched alkanes of at least 4 members (excludes halogenated alkanes) is 46. The lowest BCUT2D eigenvalue weighted by molar-refractivity contribution is -0.161. The van der Waals surface area contributed by atoms with Gasteiger partial charge in [0.1, 0.15) is 19.3 Å². The van der Waals surface area contributed by atoms with E-state index in [4.69, 9.17) is 37.0 Å². The smallest absolute Gasteiger partial charge is 0.462 e. The van der Waals surface area contributed by atoms with E-state index in [1.165, 1.54) is 205 Å². The van der Waals surface area contributed by atoms with Crippen molar-refractivity contribution >= 4 is 39.5 Å². The molecule has 0 aliphatic heterocycles. The number of carbonyl (C=O) groups is 4. The normalized spacial score (nSPS) is 14.3. The van der Waals surface area contributed by atoms with Crippen molar-refractivity contribution in [2.24, 2.45) is 5.92 Å². The van der Waals surface area contributed by atoms with Crippen LogP contribution in [0.5, 0.6) is 0 Å². The molecule has 3 N–H and O–H groups in total. The Morgan fingerprint density at radius 1 is 0.323 bits per heavy atom. The van der Waals surface area contributed by atoms with Gasteiger partial charge in [0.2, 0.25) is 0 Å². The minimum atomic E-state index is -4.97. The summed E-state index contributed by atoms with van der Waals surface area (Å²) in [5, 5.41) is 10.6. The lowest BCUT2D eigenvalue weighted by Gasteiger charge is -2.21. The standard InChI is InChI=1S/C80H152O17P2/c1-6-10-13-16-19-22-25-28-31-33-34-37-40-43-46-49-56-61-65-79(84)96-75(69-90-77(82)63-58-53-47-44-41-38-36-32-29-26-23-20-17-14-11-7-2)71-94-98(86,87)92-67-74(81)68-93-99(88,89)95-72-76(70-91-78(83)64-59-54-51-50-52-57-62-73(5)9-4)97-80(85)66-60-55-48-45-42-39-35-30-27-24-21-18-15-12-8-3/h24,27,30,35,73-76,81H,6-23,25-26,28-29,31-34,36-72H2,1-5H3,(H,86,87)(H,88,89)/b27-24-,35-30-/t73?,74-,75-,76-/m1/s1. The molecule has 19 heteroatoms. The van der Waals surface area contributed by atoms with Crippen LogP contribution in [0.3, 0.4) is 0 Å². The fraction of sp³-hybridized carbons (Fsp3) is 0.900. The lowest BCUT2D eigenvalue weighted by Crippen LogP contribution is -2.30. The van der Waals surface area contributed by atoms with Crippen molar-refractivity contribution in [3.05, 3.63) is 24.3 Å². The van der Waals surface area contributed by atoms with Crippen LogP contribution in [0.1, 0.15) is 401 Å². The molecule has 0 amide bonds. The Labute approximate surface area is 605 Å². The lowest BCUT2D eigenvalue weighted by atomic mass is 10.00. The van der Waals surface area contributed by atoms with E-state index < -0.39 is 97.5 Å². The summed E-state index contributed by atoms with van der Waals surface area (Å²) in [6.45, 7) is 7.22. The SMILES string of the molecule is CCCCCC/C=C\C=C/CCCCCCCC(=O)O[C@H](COC(=O)CCCCCCCCC(C)CC)COP(=O)(O)OC[C@H](O)COP(=O)(O)OC[C@@H](COC(=O)CCCCCCCCCCCCCCCCCC)OC(=O)CCCCCCCCCCCCCCCCCCCC. The zero-order valence-corrected chi connectivity index (χ0v) is 65.9. The van der Waals surface area contributed by atoms with Gasteiger partial charge in [0.15, 0.2) is 12.2 Å². The van der Waals surface area contributed by atoms with E-state index in [2.05, 4.69) is 58.9 Å². The molecule has 0 heterocycles. The van der Waals surface area contributed by atoms with Gasteiger partial charge in [-0.2, -0.15) is 0 Å². The molecule has 17 nitrogen and oxygen atoms in total. The van der Waals surface area contributed by atoms with Crippen LogP contribution in [0.4, 0.5) is 0 Å². The number of hydrogen-bond donors (Lipinski definition) is 3. The maximum absolute atomic E-state index is 13.1. The van der Waals surface area contributed by atoms with Crippen LogP contribution in [0, 0.1) is 5.92 Å². The molecule has 0 spiro atoms. The van der Waals surface area contributed by atoms with E-state index in [-0.39, 0.29) is 25.7 Å². The fourth-order valence-electron chi connectivity index (χ4n) is 11.8. The molecule has 0 fully saturated rings. The third-order valence-corrected chi connectivity index (χ3v) is 20.4.